The van der Waals surface area contributed by atoms with E-state index in [1.165, 1.54) is 25.2 Å². The molecule has 0 saturated carbocycles. The molecule has 1 aromatic carbocycles. The number of aryl methyl sites for hydroxylation is 3. The molecule has 1 atom stereocenters. The Morgan fingerprint density at radius 3 is 2.40 bits per heavy atom. The highest BCUT2D eigenvalue weighted by Gasteiger charge is 2.19. The SMILES string of the molecule is Cc1cc(C)n(C(C)C(=O)Nc2ccc(NC(=O)c3ccc(=O)n(C)n3)cc2Cl)n1. The molecule has 0 aliphatic rings. The first-order valence-electron chi connectivity index (χ1n) is 9.14. The number of benzene rings is 1. The quantitative estimate of drug-likeness (QED) is 0.649. The number of nitrogens with zero attached hydrogens (tertiary/aromatic N) is 4. The van der Waals surface area contributed by atoms with Gasteiger partial charge in [0.2, 0.25) is 5.91 Å². The van der Waals surface area contributed by atoms with E-state index in [-0.39, 0.29) is 22.2 Å². The molecule has 0 fully saturated rings. The third kappa shape index (κ3) is 4.57. The molecule has 156 valence electrons. The maximum atomic E-state index is 12.6. The number of nitrogens with one attached hydrogen (secondary N) is 2. The molecule has 3 aromatic rings. The third-order valence-corrected chi connectivity index (χ3v) is 4.78. The first-order chi connectivity index (χ1) is 14.2. The Labute approximate surface area is 177 Å². The summed E-state index contributed by atoms with van der Waals surface area (Å²) in [5, 5.41) is 13.9. The highest BCUT2D eigenvalue weighted by atomic mass is 35.5. The number of aromatic nitrogens is 4. The van der Waals surface area contributed by atoms with Crippen LogP contribution in [0.3, 0.4) is 0 Å². The molecule has 9 nitrogen and oxygen atoms in total. The van der Waals surface area contributed by atoms with Crippen LogP contribution in [0.1, 0.15) is 34.8 Å². The number of halogens is 1. The van der Waals surface area contributed by atoms with Gasteiger partial charge in [0, 0.05) is 24.5 Å². The van der Waals surface area contributed by atoms with Gasteiger partial charge in [-0.15, -0.1) is 0 Å². The lowest BCUT2D eigenvalue weighted by Crippen LogP contribution is -2.25. The molecule has 0 aliphatic carbocycles. The van der Waals surface area contributed by atoms with Crippen LogP contribution in [-0.4, -0.2) is 31.4 Å². The van der Waals surface area contributed by atoms with Gasteiger partial charge in [0.1, 0.15) is 11.7 Å². The predicted octanol–water partition coefficient (Wildman–Crippen LogP) is 2.70. The first-order valence-corrected chi connectivity index (χ1v) is 9.52. The van der Waals surface area contributed by atoms with Crippen LogP contribution in [0.4, 0.5) is 11.4 Å². The number of hydrogen-bond acceptors (Lipinski definition) is 5. The van der Waals surface area contributed by atoms with Crippen LogP contribution in [0.2, 0.25) is 5.02 Å². The summed E-state index contributed by atoms with van der Waals surface area (Å²) in [6.45, 7) is 5.49. The Bertz CT molecular complexity index is 1180. The molecule has 2 N–H and O–H groups in total. The number of amides is 2. The molecule has 2 aromatic heterocycles. The van der Waals surface area contributed by atoms with Crippen molar-refractivity contribution in [2.24, 2.45) is 7.05 Å². The number of rotatable bonds is 5. The highest BCUT2D eigenvalue weighted by molar-refractivity contribution is 6.34. The van der Waals surface area contributed by atoms with Crippen molar-refractivity contribution in [2.45, 2.75) is 26.8 Å². The molecule has 2 heterocycles. The van der Waals surface area contributed by atoms with Gasteiger partial charge in [-0.05, 0) is 51.1 Å². The second-order valence-electron chi connectivity index (χ2n) is 6.87. The van der Waals surface area contributed by atoms with Crippen molar-refractivity contribution >= 4 is 34.8 Å². The monoisotopic (exact) mass is 428 g/mol. The van der Waals surface area contributed by atoms with E-state index >= 15 is 0 Å². The van der Waals surface area contributed by atoms with Gasteiger partial charge in [0.15, 0.2) is 0 Å². The van der Waals surface area contributed by atoms with Crippen molar-refractivity contribution in [3.8, 4) is 0 Å². The van der Waals surface area contributed by atoms with Gasteiger partial charge in [-0.3, -0.25) is 19.1 Å². The summed E-state index contributed by atoms with van der Waals surface area (Å²) >= 11 is 6.29. The number of carbonyl (C=O) groups is 2. The number of carbonyl (C=O) groups excluding carboxylic acids is 2. The highest BCUT2D eigenvalue weighted by Crippen LogP contribution is 2.26. The van der Waals surface area contributed by atoms with E-state index < -0.39 is 11.9 Å². The third-order valence-electron chi connectivity index (χ3n) is 4.47. The van der Waals surface area contributed by atoms with Crippen LogP contribution in [0.15, 0.2) is 41.2 Å². The van der Waals surface area contributed by atoms with Crippen LogP contribution < -0.4 is 16.2 Å². The Kier molecular flexibility index (Phi) is 6.02. The fourth-order valence-corrected chi connectivity index (χ4v) is 3.13. The van der Waals surface area contributed by atoms with Crippen molar-refractivity contribution in [2.75, 3.05) is 10.6 Å². The van der Waals surface area contributed by atoms with Gasteiger partial charge in [-0.2, -0.15) is 10.2 Å². The van der Waals surface area contributed by atoms with Crippen molar-refractivity contribution in [3.63, 3.8) is 0 Å². The fraction of sp³-hybridized carbons (Fsp3) is 0.250. The molecule has 30 heavy (non-hydrogen) atoms. The minimum absolute atomic E-state index is 0.0873. The largest absolute Gasteiger partial charge is 0.323 e. The van der Waals surface area contributed by atoms with Gasteiger partial charge < -0.3 is 10.6 Å². The molecule has 3 rings (SSSR count). The average molecular weight is 429 g/mol. The van der Waals surface area contributed by atoms with Crippen molar-refractivity contribution in [3.05, 3.63) is 68.9 Å². The summed E-state index contributed by atoms with van der Waals surface area (Å²) in [5.74, 6) is -0.758. The van der Waals surface area contributed by atoms with Gasteiger partial charge >= 0.3 is 0 Å². The standard InChI is InChI=1S/C20H21ClN6O3/c1-11-9-12(2)27(24-11)13(3)19(29)23-16-6-5-14(10-15(16)21)22-20(30)17-7-8-18(28)26(4)25-17/h5-10,13H,1-4H3,(H,22,30)(H,23,29). The molecule has 10 heteroatoms. The molecule has 0 saturated heterocycles. The van der Waals surface area contributed by atoms with E-state index in [2.05, 4.69) is 20.8 Å². The summed E-state index contributed by atoms with van der Waals surface area (Å²) in [4.78, 5) is 36.3. The van der Waals surface area contributed by atoms with E-state index in [1.807, 2.05) is 19.9 Å². The zero-order chi connectivity index (χ0) is 22.0. The Morgan fingerprint density at radius 2 is 1.80 bits per heavy atom. The normalized spacial score (nSPS) is 11.8. The lowest BCUT2D eigenvalue weighted by Gasteiger charge is -2.16. The van der Waals surface area contributed by atoms with Gasteiger partial charge in [-0.25, -0.2) is 4.68 Å². The van der Waals surface area contributed by atoms with Crippen molar-refractivity contribution in [1.82, 2.24) is 19.6 Å². The average Bonchev–Trinajstić information content (AvgIpc) is 3.03. The zero-order valence-electron chi connectivity index (χ0n) is 16.9. The van der Waals surface area contributed by atoms with E-state index in [0.717, 1.165) is 16.1 Å². The number of anilines is 2. The Hall–Kier alpha value is -3.46. The van der Waals surface area contributed by atoms with E-state index in [0.29, 0.717) is 11.4 Å². The summed E-state index contributed by atoms with van der Waals surface area (Å²) in [7, 11) is 1.46. The summed E-state index contributed by atoms with van der Waals surface area (Å²) in [6.07, 6.45) is 0. The fourth-order valence-electron chi connectivity index (χ4n) is 2.90. The van der Waals surface area contributed by atoms with E-state index in [4.69, 9.17) is 11.6 Å². The topological polar surface area (TPSA) is 111 Å². The van der Waals surface area contributed by atoms with Gasteiger partial charge in [0.25, 0.3) is 11.5 Å². The van der Waals surface area contributed by atoms with Crippen LogP contribution in [0.5, 0.6) is 0 Å². The molecule has 1 unspecified atom stereocenters. The van der Waals surface area contributed by atoms with Gasteiger partial charge in [0.05, 0.1) is 16.4 Å². The second kappa shape index (κ2) is 8.50. The molecule has 0 bridgehead atoms. The molecule has 2 amide bonds. The summed E-state index contributed by atoms with van der Waals surface area (Å²) < 4.78 is 2.72. The van der Waals surface area contributed by atoms with E-state index in [1.54, 1.807) is 23.7 Å². The van der Waals surface area contributed by atoms with Crippen molar-refractivity contribution in [1.29, 1.82) is 0 Å². The number of hydrogen-bond donors (Lipinski definition) is 2. The smallest absolute Gasteiger partial charge is 0.276 e. The zero-order valence-corrected chi connectivity index (χ0v) is 17.7. The van der Waals surface area contributed by atoms with Crippen LogP contribution >= 0.6 is 11.6 Å². The summed E-state index contributed by atoms with van der Waals surface area (Å²) in [5.41, 5.74) is 2.32. The minimum atomic E-state index is -0.523. The van der Waals surface area contributed by atoms with Crippen molar-refractivity contribution < 1.29 is 9.59 Å². The van der Waals surface area contributed by atoms with Gasteiger partial charge in [-0.1, -0.05) is 11.6 Å². The first kappa shape index (κ1) is 21.3. The van der Waals surface area contributed by atoms with Crippen LogP contribution in [0, 0.1) is 13.8 Å². The predicted molar refractivity (Wildman–Crippen MR) is 114 cm³/mol. The maximum absolute atomic E-state index is 12.6. The Morgan fingerprint density at radius 1 is 1.07 bits per heavy atom. The molecule has 0 spiro atoms. The van der Waals surface area contributed by atoms with E-state index in [9.17, 15) is 14.4 Å². The second-order valence-corrected chi connectivity index (χ2v) is 7.27. The minimum Gasteiger partial charge on any atom is -0.323 e. The maximum Gasteiger partial charge on any atom is 0.276 e. The molecule has 0 aliphatic heterocycles. The summed E-state index contributed by atoms with van der Waals surface area (Å²) in [6, 6.07) is 8.70. The lowest BCUT2D eigenvalue weighted by molar-refractivity contribution is -0.119. The molecular weight excluding hydrogens is 408 g/mol. The van der Waals surface area contributed by atoms with Crippen LogP contribution in [0.25, 0.3) is 0 Å². The Balaban J connectivity index is 1.71. The molecular formula is C20H21ClN6O3. The lowest BCUT2D eigenvalue weighted by atomic mass is 10.2. The molecule has 0 radical (unpaired) electrons. The van der Waals surface area contributed by atoms with Crippen LogP contribution in [-0.2, 0) is 11.8 Å².